The molecule has 0 aliphatic carbocycles. The second kappa shape index (κ2) is 4.94. The van der Waals surface area contributed by atoms with Gasteiger partial charge in [-0.15, -0.1) is 0 Å². The van der Waals surface area contributed by atoms with Gasteiger partial charge in [0.1, 0.15) is 6.26 Å². The Morgan fingerprint density at radius 3 is 2.81 bits per heavy atom. The van der Waals surface area contributed by atoms with E-state index in [0.29, 0.717) is 0 Å². The van der Waals surface area contributed by atoms with Crippen LogP contribution in [-0.2, 0) is 13.1 Å². The van der Waals surface area contributed by atoms with E-state index in [-0.39, 0.29) is 0 Å². The topological polar surface area (TPSA) is 38.1 Å². The lowest BCUT2D eigenvalue weighted by molar-refractivity contribution is 0.408. The standard InChI is InChI=1S/C13H16N2O/c1-10-4-3-5-12(11(10)2)8-14-9-13-6-7-16-15-13/h3-7,14H,8-9H2,1-2H3. The van der Waals surface area contributed by atoms with Crippen molar-refractivity contribution in [2.75, 3.05) is 0 Å². The van der Waals surface area contributed by atoms with E-state index in [9.17, 15) is 0 Å². The molecule has 1 aromatic heterocycles. The molecule has 0 unspecified atom stereocenters. The molecule has 16 heavy (non-hydrogen) atoms. The zero-order chi connectivity index (χ0) is 11.4. The summed E-state index contributed by atoms with van der Waals surface area (Å²) in [5.74, 6) is 0. The highest BCUT2D eigenvalue weighted by molar-refractivity contribution is 5.32. The van der Waals surface area contributed by atoms with Crippen molar-refractivity contribution in [3.8, 4) is 0 Å². The number of benzene rings is 1. The lowest BCUT2D eigenvalue weighted by Crippen LogP contribution is -2.13. The molecule has 2 aromatic rings. The average molecular weight is 216 g/mol. The van der Waals surface area contributed by atoms with E-state index in [1.54, 1.807) is 6.26 Å². The van der Waals surface area contributed by atoms with Crippen molar-refractivity contribution in [1.82, 2.24) is 10.5 Å². The lowest BCUT2D eigenvalue weighted by Gasteiger charge is -2.08. The number of rotatable bonds is 4. The monoisotopic (exact) mass is 216 g/mol. The van der Waals surface area contributed by atoms with Gasteiger partial charge in [0.15, 0.2) is 0 Å². The number of hydrogen-bond acceptors (Lipinski definition) is 3. The third-order valence-electron chi connectivity index (χ3n) is 2.83. The van der Waals surface area contributed by atoms with Crippen LogP contribution in [0.2, 0.25) is 0 Å². The zero-order valence-corrected chi connectivity index (χ0v) is 9.66. The van der Waals surface area contributed by atoms with Gasteiger partial charge in [-0.1, -0.05) is 23.4 Å². The van der Waals surface area contributed by atoms with Gasteiger partial charge < -0.3 is 9.84 Å². The van der Waals surface area contributed by atoms with Crippen molar-refractivity contribution in [2.45, 2.75) is 26.9 Å². The van der Waals surface area contributed by atoms with Crippen LogP contribution in [0, 0.1) is 13.8 Å². The summed E-state index contributed by atoms with van der Waals surface area (Å²) in [6, 6.07) is 8.25. The zero-order valence-electron chi connectivity index (χ0n) is 9.66. The van der Waals surface area contributed by atoms with Crippen molar-refractivity contribution in [3.63, 3.8) is 0 Å². The molecule has 1 heterocycles. The van der Waals surface area contributed by atoms with Crippen LogP contribution in [0.3, 0.4) is 0 Å². The molecule has 0 aliphatic rings. The van der Waals surface area contributed by atoms with E-state index in [2.05, 4.69) is 42.5 Å². The van der Waals surface area contributed by atoms with Gasteiger partial charge in [0.05, 0.1) is 5.69 Å². The van der Waals surface area contributed by atoms with Gasteiger partial charge >= 0.3 is 0 Å². The molecule has 84 valence electrons. The summed E-state index contributed by atoms with van der Waals surface area (Å²) >= 11 is 0. The summed E-state index contributed by atoms with van der Waals surface area (Å²) in [5.41, 5.74) is 4.96. The Morgan fingerprint density at radius 2 is 2.06 bits per heavy atom. The first-order valence-electron chi connectivity index (χ1n) is 5.42. The number of hydrogen-bond donors (Lipinski definition) is 1. The van der Waals surface area contributed by atoms with E-state index in [4.69, 9.17) is 4.52 Å². The largest absolute Gasteiger partial charge is 0.364 e. The molecule has 3 nitrogen and oxygen atoms in total. The summed E-state index contributed by atoms with van der Waals surface area (Å²) in [5, 5.41) is 7.20. The van der Waals surface area contributed by atoms with E-state index in [1.165, 1.54) is 16.7 Å². The summed E-state index contributed by atoms with van der Waals surface area (Å²) in [7, 11) is 0. The minimum absolute atomic E-state index is 0.740. The first kappa shape index (κ1) is 10.9. The van der Waals surface area contributed by atoms with Gasteiger partial charge in [0.2, 0.25) is 0 Å². The average Bonchev–Trinajstić information content (AvgIpc) is 2.77. The van der Waals surface area contributed by atoms with E-state index >= 15 is 0 Å². The van der Waals surface area contributed by atoms with Crippen molar-refractivity contribution >= 4 is 0 Å². The third-order valence-corrected chi connectivity index (χ3v) is 2.83. The Kier molecular flexibility index (Phi) is 3.37. The van der Waals surface area contributed by atoms with Gasteiger partial charge in [-0.2, -0.15) is 0 Å². The van der Waals surface area contributed by atoms with Gasteiger partial charge in [-0.05, 0) is 30.5 Å². The molecule has 0 bridgehead atoms. The van der Waals surface area contributed by atoms with Gasteiger partial charge in [0.25, 0.3) is 0 Å². The first-order chi connectivity index (χ1) is 7.77. The smallest absolute Gasteiger partial charge is 0.124 e. The predicted octanol–water partition coefficient (Wildman–Crippen LogP) is 2.58. The maximum Gasteiger partial charge on any atom is 0.124 e. The fourth-order valence-corrected chi connectivity index (χ4v) is 1.66. The van der Waals surface area contributed by atoms with Crippen molar-refractivity contribution < 1.29 is 4.52 Å². The second-order valence-corrected chi connectivity index (χ2v) is 3.95. The van der Waals surface area contributed by atoms with E-state index in [0.717, 1.165) is 18.8 Å². The molecule has 0 atom stereocenters. The second-order valence-electron chi connectivity index (χ2n) is 3.95. The molecule has 1 aromatic carbocycles. The Labute approximate surface area is 95.5 Å². The van der Waals surface area contributed by atoms with Gasteiger partial charge in [0, 0.05) is 19.2 Å². The Balaban J connectivity index is 1.92. The maximum atomic E-state index is 4.77. The first-order valence-corrected chi connectivity index (χ1v) is 5.42. The normalized spacial score (nSPS) is 10.6. The molecular formula is C13H16N2O. The van der Waals surface area contributed by atoms with Gasteiger partial charge in [-0.3, -0.25) is 0 Å². The highest BCUT2D eigenvalue weighted by Crippen LogP contribution is 2.12. The van der Waals surface area contributed by atoms with Crippen LogP contribution < -0.4 is 5.32 Å². The Hall–Kier alpha value is -1.61. The molecule has 1 N–H and O–H groups in total. The molecule has 0 amide bonds. The Bertz CT molecular complexity index is 449. The molecule has 0 fully saturated rings. The van der Waals surface area contributed by atoms with Crippen LogP contribution in [0.15, 0.2) is 35.1 Å². The summed E-state index contributed by atoms with van der Waals surface area (Å²) in [6.07, 6.45) is 1.59. The fourth-order valence-electron chi connectivity index (χ4n) is 1.66. The minimum Gasteiger partial charge on any atom is -0.364 e. The summed E-state index contributed by atoms with van der Waals surface area (Å²) < 4.78 is 4.77. The molecule has 2 rings (SSSR count). The van der Waals surface area contributed by atoms with Crippen molar-refractivity contribution in [3.05, 3.63) is 52.9 Å². The van der Waals surface area contributed by atoms with Crippen molar-refractivity contribution in [1.29, 1.82) is 0 Å². The van der Waals surface area contributed by atoms with Crippen LogP contribution in [0.25, 0.3) is 0 Å². The molecule has 0 saturated heterocycles. The minimum atomic E-state index is 0.740. The number of nitrogens with zero attached hydrogens (tertiary/aromatic N) is 1. The predicted molar refractivity (Wildman–Crippen MR) is 63.0 cm³/mol. The number of nitrogens with one attached hydrogen (secondary N) is 1. The Morgan fingerprint density at radius 1 is 1.19 bits per heavy atom. The molecule has 0 aliphatic heterocycles. The van der Waals surface area contributed by atoms with E-state index in [1.807, 2.05) is 6.07 Å². The fraction of sp³-hybridized carbons (Fsp3) is 0.308. The SMILES string of the molecule is Cc1cccc(CNCc2ccon2)c1C. The van der Waals surface area contributed by atoms with Crippen molar-refractivity contribution in [2.24, 2.45) is 0 Å². The molecule has 0 radical (unpaired) electrons. The van der Waals surface area contributed by atoms with Crippen LogP contribution >= 0.6 is 0 Å². The lowest BCUT2D eigenvalue weighted by atomic mass is 10.0. The highest BCUT2D eigenvalue weighted by atomic mass is 16.5. The number of aryl methyl sites for hydroxylation is 1. The van der Waals surface area contributed by atoms with Crippen LogP contribution in [0.1, 0.15) is 22.4 Å². The maximum absolute atomic E-state index is 4.77. The molecule has 3 heteroatoms. The molecule has 0 spiro atoms. The van der Waals surface area contributed by atoms with Gasteiger partial charge in [-0.25, -0.2) is 0 Å². The van der Waals surface area contributed by atoms with E-state index < -0.39 is 0 Å². The molecule has 0 saturated carbocycles. The third kappa shape index (κ3) is 2.49. The summed E-state index contributed by atoms with van der Waals surface area (Å²) in [4.78, 5) is 0. The highest BCUT2D eigenvalue weighted by Gasteiger charge is 2.01. The van der Waals surface area contributed by atoms with Crippen LogP contribution in [0.4, 0.5) is 0 Å². The summed E-state index contributed by atoms with van der Waals surface area (Å²) in [6.45, 7) is 5.89. The van der Waals surface area contributed by atoms with Crippen LogP contribution in [0.5, 0.6) is 0 Å². The molecular weight excluding hydrogens is 200 g/mol. The quantitative estimate of drug-likeness (QED) is 0.853. The van der Waals surface area contributed by atoms with Crippen LogP contribution in [-0.4, -0.2) is 5.16 Å². The number of aromatic nitrogens is 1.